The maximum absolute atomic E-state index is 12.4. The third-order valence-electron chi connectivity index (χ3n) is 3.24. The number of amides is 1. The van der Waals surface area contributed by atoms with Crippen molar-refractivity contribution in [1.29, 1.82) is 5.26 Å². The predicted molar refractivity (Wildman–Crippen MR) is 74.1 cm³/mol. The molecule has 0 aliphatic carbocycles. The highest BCUT2D eigenvalue weighted by Gasteiger charge is 2.22. The summed E-state index contributed by atoms with van der Waals surface area (Å²) >= 11 is 5.98. The molecule has 1 aromatic carbocycles. The summed E-state index contributed by atoms with van der Waals surface area (Å²) in [6.07, 6.45) is 0. The molecule has 1 aromatic rings. The first-order valence-electron chi connectivity index (χ1n) is 6.26. The number of hydrogen-bond acceptors (Lipinski definition) is 3. The fourth-order valence-electron chi connectivity index (χ4n) is 2.25. The minimum absolute atomic E-state index is 0.0159. The van der Waals surface area contributed by atoms with Gasteiger partial charge in [0.05, 0.1) is 12.6 Å². The minimum atomic E-state index is 0.0159. The summed E-state index contributed by atoms with van der Waals surface area (Å²) in [6, 6.07) is 7.53. The van der Waals surface area contributed by atoms with Crippen LogP contribution < -0.4 is 0 Å². The van der Waals surface area contributed by atoms with Gasteiger partial charge in [-0.2, -0.15) is 5.26 Å². The van der Waals surface area contributed by atoms with Gasteiger partial charge in [-0.25, -0.2) is 0 Å². The first-order valence-corrected chi connectivity index (χ1v) is 6.64. The van der Waals surface area contributed by atoms with E-state index >= 15 is 0 Å². The van der Waals surface area contributed by atoms with Crippen LogP contribution >= 0.6 is 11.6 Å². The number of benzene rings is 1. The molecule has 0 bridgehead atoms. The summed E-state index contributed by atoms with van der Waals surface area (Å²) in [5, 5.41) is 9.24. The Morgan fingerprint density at radius 1 is 1.32 bits per heavy atom. The van der Waals surface area contributed by atoms with Gasteiger partial charge in [0.15, 0.2) is 0 Å². The van der Waals surface area contributed by atoms with E-state index in [0.717, 1.165) is 18.7 Å². The number of carbonyl (C=O) groups is 1. The molecule has 0 N–H and O–H groups in total. The van der Waals surface area contributed by atoms with E-state index in [4.69, 9.17) is 16.9 Å². The van der Waals surface area contributed by atoms with Gasteiger partial charge in [0.25, 0.3) is 5.91 Å². The molecule has 4 nitrogen and oxygen atoms in total. The van der Waals surface area contributed by atoms with Crippen LogP contribution in [0.15, 0.2) is 18.2 Å². The van der Waals surface area contributed by atoms with Gasteiger partial charge in [0.1, 0.15) is 0 Å². The normalized spacial score (nSPS) is 16.2. The fourth-order valence-corrected chi connectivity index (χ4v) is 2.54. The van der Waals surface area contributed by atoms with Gasteiger partial charge in [0, 0.05) is 36.8 Å². The second kappa shape index (κ2) is 6.05. The van der Waals surface area contributed by atoms with Crippen molar-refractivity contribution in [3.63, 3.8) is 0 Å². The highest BCUT2D eigenvalue weighted by atomic mass is 35.5. The van der Waals surface area contributed by atoms with Crippen molar-refractivity contribution in [2.24, 2.45) is 0 Å². The second-order valence-corrected chi connectivity index (χ2v) is 5.18. The highest BCUT2D eigenvalue weighted by Crippen LogP contribution is 2.17. The predicted octanol–water partition coefficient (Wildman–Crippen LogP) is 1.93. The Morgan fingerprint density at radius 2 is 2.00 bits per heavy atom. The molecule has 0 atom stereocenters. The Bertz CT molecular complexity index is 496. The summed E-state index contributed by atoms with van der Waals surface area (Å²) in [5.41, 5.74) is 1.62. The molecule has 1 saturated heterocycles. The third kappa shape index (κ3) is 3.46. The van der Waals surface area contributed by atoms with Crippen LogP contribution in [-0.4, -0.2) is 48.4 Å². The number of hydrogen-bond donors (Lipinski definition) is 0. The molecule has 1 aliphatic heterocycles. The molecule has 0 unspecified atom stereocenters. The third-order valence-corrected chi connectivity index (χ3v) is 3.46. The Balaban J connectivity index is 2.03. The lowest BCUT2D eigenvalue weighted by Gasteiger charge is -2.33. The van der Waals surface area contributed by atoms with Gasteiger partial charge < -0.3 is 4.90 Å². The van der Waals surface area contributed by atoms with Crippen LogP contribution in [0.2, 0.25) is 5.02 Å². The van der Waals surface area contributed by atoms with E-state index in [2.05, 4.69) is 6.07 Å². The number of carbonyl (C=O) groups excluding carboxylic acids is 1. The van der Waals surface area contributed by atoms with Crippen LogP contribution in [0.5, 0.6) is 0 Å². The van der Waals surface area contributed by atoms with E-state index < -0.39 is 0 Å². The lowest BCUT2D eigenvalue weighted by molar-refractivity contribution is 0.0651. The molecule has 0 aromatic heterocycles. The molecule has 5 heteroatoms. The van der Waals surface area contributed by atoms with E-state index in [0.29, 0.717) is 30.2 Å². The molecule has 1 amide bonds. The van der Waals surface area contributed by atoms with E-state index in [-0.39, 0.29) is 5.91 Å². The van der Waals surface area contributed by atoms with E-state index in [1.165, 1.54) is 0 Å². The van der Waals surface area contributed by atoms with Crippen molar-refractivity contribution < 1.29 is 4.79 Å². The first kappa shape index (κ1) is 13.9. The Kier molecular flexibility index (Phi) is 4.41. The topological polar surface area (TPSA) is 47.3 Å². The van der Waals surface area contributed by atoms with Gasteiger partial charge in [0.2, 0.25) is 0 Å². The molecular weight excluding hydrogens is 262 g/mol. The Labute approximate surface area is 118 Å². The van der Waals surface area contributed by atoms with Gasteiger partial charge >= 0.3 is 0 Å². The van der Waals surface area contributed by atoms with Gasteiger partial charge in [-0.15, -0.1) is 0 Å². The van der Waals surface area contributed by atoms with Crippen molar-refractivity contribution >= 4 is 17.5 Å². The number of rotatable bonds is 2. The van der Waals surface area contributed by atoms with E-state index in [1.54, 1.807) is 6.07 Å². The minimum Gasteiger partial charge on any atom is -0.336 e. The zero-order valence-electron chi connectivity index (χ0n) is 10.9. The average Bonchev–Trinajstić information content (AvgIpc) is 2.38. The van der Waals surface area contributed by atoms with Crippen molar-refractivity contribution in [2.75, 3.05) is 32.7 Å². The Morgan fingerprint density at radius 3 is 2.58 bits per heavy atom. The number of piperazine rings is 1. The number of nitriles is 1. The molecule has 1 heterocycles. The van der Waals surface area contributed by atoms with Crippen LogP contribution in [0.4, 0.5) is 0 Å². The first-order chi connectivity index (χ1) is 9.10. The van der Waals surface area contributed by atoms with Crippen LogP contribution in [0.25, 0.3) is 0 Å². The highest BCUT2D eigenvalue weighted by molar-refractivity contribution is 6.31. The summed E-state index contributed by atoms with van der Waals surface area (Å²) in [4.78, 5) is 16.2. The molecule has 0 saturated carbocycles. The molecule has 0 spiro atoms. The molecule has 1 fully saturated rings. The lowest BCUT2D eigenvalue weighted by atomic mass is 10.1. The van der Waals surface area contributed by atoms with Crippen molar-refractivity contribution in [2.45, 2.75) is 6.92 Å². The van der Waals surface area contributed by atoms with Gasteiger partial charge in [-0.05, 0) is 30.7 Å². The molecular formula is C14H16ClN3O. The molecule has 0 radical (unpaired) electrons. The average molecular weight is 278 g/mol. The largest absolute Gasteiger partial charge is 0.336 e. The lowest BCUT2D eigenvalue weighted by Crippen LogP contribution is -2.48. The monoisotopic (exact) mass is 277 g/mol. The zero-order valence-corrected chi connectivity index (χ0v) is 11.7. The van der Waals surface area contributed by atoms with Crippen LogP contribution in [0, 0.1) is 18.3 Å². The van der Waals surface area contributed by atoms with E-state index in [1.807, 2.05) is 28.9 Å². The van der Waals surface area contributed by atoms with Gasteiger partial charge in [-0.3, -0.25) is 9.69 Å². The van der Waals surface area contributed by atoms with Crippen LogP contribution in [0.3, 0.4) is 0 Å². The van der Waals surface area contributed by atoms with Crippen molar-refractivity contribution in [3.8, 4) is 6.07 Å². The number of halogens is 1. The number of aryl methyl sites for hydroxylation is 1. The summed E-state index contributed by atoms with van der Waals surface area (Å²) < 4.78 is 0. The number of nitrogens with zero attached hydrogens (tertiary/aromatic N) is 3. The SMILES string of the molecule is Cc1cc(Cl)cc(C(=O)N2CCN(CC#N)CC2)c1. The molecule has 19 heavy (non-hydrogen) atoms. The van der Waals surface area contributed by atoms with Crippen LogP contribution in [0.1, 0.15) is 15.9 Å². The summed E-state index contributed by atoms with van der Waals surface area (Å²) in [5.74, 6) is 0.0159. The quantitative estimate of drug-likeness (QED) is 0.776. The zero-order chi connectivity index (χ0) is 13.8. The molecule has 2 rings (SSSR count). The maximum atomic E-state index is 12.4. The van der Waals surface area contributed by atoms with E-state index in [9.17, 15) is 4.79 Å². The van der Waals surface area contributed by atoms with Crippen molar-refractivity contribution in [1.82, 2.24) is 9.80 Å². The Hall–Kier alpha value is -1.57. The molecule has 100 valence electrons. The second-order valence-electron chi connectivity index (χ2n) is 4.74. The van der Waals surface area contributed by atoms with Crippen molar-refractivity contribution in [3.05, 3.63) is 34.3 Å². The van der Waals surface area contributed by atoms with Crippen LogP contribution in [-0.2, 0) is 0 Å². The maximum Gasteiger partial charge on any atom is 0.254 e. The summed E-state index contributed by atoms with van der Waals surface area (Å²) in [7, 11) is 0. The fraction of sp³-hybridized carbons (Fsp3) is 0.429. The smallest absolute Gasteiger partial charge is 0.254 e. The van der Waals surface area contributed by atoms with Gasteiger partial charge in [-0.1, -0.05) is 11.6 Å². The molecule has 1 aliphatic rings. The summed E-state index contributed by atoms with van der Waals surface area (Å²) in [6.45, 7) is 5.17. The standard InChI is InChI=1S/C14H16ClN3O/c1-11-8-12(10-13(15)9-11)14(19)18-6-4-17(3-2-16)5-7-18/h8-10H,3-7H2,1H3.